The number of anilines is 1. The van der Waals surface area contributed by atoms with Crippen LogP contribution >= 0.6 is 11.3 Å². The highest BCUT2D eigenvalue weighted by atomic mass is 32.1. The predicted octanol–water partition coefficient (Wildman–Crippen LogP) is 1.42. The Morgan fingerprint density at radius 2 is 2.38 bits per heavy atom. The van der Waals surface area contributed by atoms with Crippen molar-refractivity contribution in [1.29, 1.82) is 0 Å². The lowest BCUT2D eigenvalue weighted by atomic mass is 9.80. The highest BCUT2D eigenvalue weighted by Crippen LogP contribution is 2.27. The number of nitrogens with one attached hydrogen (secondary N) is 1. The molecular formula is C9H12N2OS. The molecule has 0 bridgehead atoms. The monoisotopic (exact) mass is 196 g/mol. The Balaban J connectivity index is 1.86. The first-order chi connectivity index (χ1) is 6.25. The number of carbonyl (C=O) groups is 1. The van der Waals surface area contributed by atoms with Gasteiger partial charge >= 0.3 is 0 Å². The molecule has 0 aliphatic heterocycles. The van der Waals surface area contributed by atoms with E-state index >= 15 is 0 Å². The standard InChI is InChI=1S/C9H12N2OS/c10-7-4-6(5-7)9(12)11-8-2-1-3-13-8/h1-3,6-7H,4-5,10H2,(H,11,12). The zero-order valence-corrected chi connectivity index (χ0v) is 8.01. The van der Waals surface area contributed by atoms with Gasteiger partial charge in [-0.2, -0.15) is 0 Å². The largest absolute Gasteiger partial charge is 0.328 e. The zero-order valence-electron chi connectivity index (χ0n) is 7.19. The fourth-order valence-electron chi connectivity index (χ4n) is 1.45. The van der Waals surface area contributed by atoms with Crippen molar-refractivity contribution in [3.05, 3.63) is 17.5 Å². The van der Waals surface area contributed by atoms with Crippen LogP contribution in [0.25, 0.3) is 0 Å². The van der Waals surface area contributed by atoms with E-state index in [1.165, 1.54) is 0 Å². The summed E-state index contributed by atoms with van der Waals surface area (Å²) >= 11 is 1.54. The molecule has 1 amide bonds. The van der Waals surface area contributed by atoms with Crippen molar-refractivity contribution in [1.82, 2.24) is 0 Å². The normalized spacial score (nSPS) is 26.5. The van der Waals surface area contributed by atoms with Gasteiger partial charge in [0.2, 0.25) is 5.91 Å². The second-order valence-corrected chi connectivity index (χ2v) is 4.34. The summed E-state index contributed by atoms with van der Waals surface area (Å²) in [6.45, 7) is 0. The summed E-state index contributed by atoms with van der Waals surface area (Å²) in [6, 6.07) is 4.06. The van der Waals surface area contributed by atoms with Gasteiger partial charge in [-0.25, -0.2) is 0 Å². The van der Waals surface area contributed by atoms with E-state index < -0.39 is 0 Å². The molecule has 0 aromatic carbocycles. The Morgan fingerprint density at radius 1 is 1.62 bits per heavy atom. The van der Waals surface area contributed by atoms with E-state index in [-0.39, 0.29) is 17.9 Å². The summed E-state index contributed by atoms with van der Waals surface area (Å²) in [7, 11) is 0. The van der Waals surface area contributed by atoms with Crippen LogP contribution in [-0.2, 0) is 4.79 Å². The molecule has 1 aliphatic rings. The molecule has 0 spiro atoms. The fourth-order valence-corrected chi connectivity index (χ4v) is 2.07. The van der Waals surface area contributed by atoms with Crippen LogP contribution in [0.3, 0.4) is 0 Å². The number of hydrogen-bond acceptors (Lipinski definition) is 3. The molecule has 0 radical (unpaired) electrons. The maximum atomic E-state index is 11.5. The Hall–Kier alpha value is -0.870. The van der Waals surface area contributed by atoms with Gasteiger partial charge in [0.05, 0.1) is 5.00 Å². The van der Waals surface area contributed by atoms with Gasteiger partial charge in [0.15, 0.2) is 0 Å². The first-order valence-electron chi connectivity index (χ1n) is 4.35. The van der Waals surface area contributed by atoms with Crippen molar-refractivity contribution in [2.45, 2.75) is 18.9 Å². The molecule has 2 rings (SSSR count). The average molecular weight is 196 g/mol. The van der Waals surface area contributed by atoms with Crippen molar-refractivity contribution in [2.75, 3.05) is 5.32 Å². The summed E-state index contributed by atoms with van der Waals surface area (Å²) in [5, 5.41) is 5.74. The van der Waals surface area contributed by atoms with Crippen molar-refractivity contribution in [3.63, 3.8) is 0 Å². The third-order valence-electron chi connectivity index (χ3n) is 2.31. The number of hydrogen-bond donors (Lipinski definition) is 2. The third-order valence-corrected chi connectivity index (χ3v) is 3.10. The summed E-state index contributed by atoms with van der Waals surface area (Å²) in [4.78, 5) is 11.5. The molecule has 13 heavy (non-hydrogen) atoms. The quantitative estimate of drug-likeness (QED) is 0.751. The molecule has 1 aromatic rings. The molecule has 3 N–H and O–H groups in total. The zero-order chi connectivity index (χ0) is 9.26. The SMILES string of the molecule is NC1CC(C(=O)Nc2cccs2)C1. The molecule has 1 heterocycles. The van der Waals surface area contributed by atoms with Gasteiger partial charge in [0.1, 0.15) is 0 Å². The molecule has 3 nitrogen and oxygen atoms in total. The van der Waals surface area contributed by atoms with Gasteiger partial charge in [-0.3, -0.25) is 4.79 Å². The van der Waals surface area contributed by atoms with E-state index in [0.29, 0.717) is 0 Å². The van der Waals surface area contributed by atoms with Crippen LogP contribution in [0.15, 0.2) is 17.5 Å². The summed E-state index contributed by atoms with van der Waals surface area (Å²) in [5.41, 5.74) is 5.60. The minimum Gasteiger partial charge on any atom is -0.328 e. The molecule has 4 heteroatoms. The number of rotatable bonds is 2. The molecule has 70 valence electrons. The Morgan fingerprint density at radius 3 is 2.92 bits per heavy atom. The lowest BCUT2D eigenvalue weighted by Crippen LogP contribution is -2.42. The molecule has 1 saturated carbocycles. The van der Waals surface area contributed by atoms with Gasteiger partial charge in [-0.05, 0) is 30.4 Å². The highest BCUT2D eigenvalue weighted by Gasteiger charge is 2.31. The second kappa shape index (κ2) is 3.47. The van der Waals surface area contributed by atoms with Crippen LogP contribution in [0.4, 0.5) is 5.00 Å². The van der Waals surface area contributed by atoms with Crippen LogP contribution in [0.1, 0.15) is 12.8 Å². The number of amides is 1. The van der Waals surface area contributed by atoms with Crippen LogP contribution in [-0.4, -0.2) is 11.9 Å². The predicted molar refractivity (Wildman–Crippen MR) is 53.6 cm³/mol. The van der Waals surface area contributed by atoms with E-state index in [1.54, 1.807) is 11.3 Å². The van der Waals surface area contributed by atoms with Crippen molar-refractivity contribution >= 4 is 22.2 Å². The first-order valence-corrected chi connectivity index (χ1v) is 5.23. The average Bonchev–Trinajstić information content (AvgIpc) is 2.51. The van der Waals surface area contributed by atoms with Gasteiger partial charge in [0, 0.05) is 12.0 Å². The van der Waals surface area contributed by atoms with Gasteiger partial charge in [0.25, 0.3) is 0 Å². The Labute approximate surface area is 80.9 Å². The lowest BCUT2D eigenvalue weighted by molar-refractivity contribution is -0.122. The fraction of sp³-hybridized carbons (Fsp3) is 0.444. The van der Waals surface area contributed by atoms with E-state index in [4.69, 9.17) is 5.73 Å². The van der Waals surface area contributed by atoms with Crippen LogP contribution in [0, 0.1) is 5.92 Å². The smallest absolute Gasteiger partial charge is 0.228 e. The molecule has 0 unspecified atom stereocenters. The molecule has 1 fully saturated rings. The third kappa shape index (κ3) is 1.89. The van der Waals surface area contributed by atoms with Crippen molar-refractivity contribution in [2.24, 2.45) is 11.7 Å². The van der Waals surface area contributed by atoms with Crippen molar-refractivity contribution < 1.29 is 4.79 Å². The van der Waals surface area contributed by atoms with E-state index in [1.807, 2.05) is 17.5 Å². The lowest BCUT2D eigenvalue weighted by Gasteiger charge is -2.30. The Bertz CT molecular complexity index is 291. The minimum absolute atomic E-state index is 0.115. The van der Waals surface area contributed by atoms with E-state index in [9.17, 15) is 4.79 Å². The number of thiophene rings is 1. The topological polar surface area (TPSA) is 55.1 Å². The van der Waals surface area contributed by atoms with E-state index in [0.717, 1.165) is 17.8 Å². The maximum Gasteiger partial charge on any atom is 0.228 e. The van der Waals surface area contributed by atoms with E-state index in [2.05, 4.69) is 5.32 Å². The first kappa shape index (κ1) is 8.72. The van der Waals surface area contributed by atoms with Crippen LogP contribution in [0.2, 0.25) is 0 Å². The molecule has 0 atom stereocenters. The second-order valence-electron chi connectivity index (χ2n) is 3.39. The molecular weight excluding hydrogens is 184 g/mol. The maximum absolute atomic E-state index is 11.5. The summed E-state index contributed by atoms with van der Waals surface area (Å²) in [5.74, 6) is 0.251. The van der Waals surface area contributed by atoms with Gasteiger partial charge in [-0.1, -0.05) is 0 Å². The molecule has 1 aliphatic carbocycles. The van der Waals surface area contributed by atoms with Crippen LogP contribution < -0.4 is 11.1 Å². The minimum atomic E-state index is 0.115. The molecule has 1 aromatic heterocycles. The van der Waals surface area contributed by atoms with Gasteiger partial charge < -0.3 is 11.1 Å². The summed E-state index contributed by atoms with van der Waals surface area (Å²) in [6.07, 6.45) is 1.66. The number of carbonyl (C=O) groups excluding carboxylic acids is 1. The molecule has 0 saturated heterocycles. The van der Waals surface area contributed by atoms with Gasteiger partial charge in [-0.15, -0.1) is 11.3 Å². The summed E-state index contributed by atoms with van der Waals surface area (Å²) < 4.78 is 0. The van der Waals surface area contributed by atoms with Crippen LogP contribution in [0.5, 0.6) is 0 Å². The number of nitrogens with two attached hydrogens (primary N) is 1. The highest BCUT2D eigenvalue weighted by molar-refractivity contribution is 7.14. The Kier molecular flexibility index (Phi) is 2.33. The van der Waals surface area contributed by atoms with Crippen molar-refractivity contribution in [3.8, 4) is 0 Å².